The Morgan fingerprint density at radius 2 is 2.00 bits per heavy atom. The van der Waals surface area contributed by atoms with E-state index < -0.39 is 0 Å². The lowest BCUT2D eigenvalue weighted by Gasteiger charge is -2.21. The molecule has 0 aromatic rings. The maximum atomic E-state index is 6.06. The predicted molar refractivity (Wildman–Crippen MR) is 73.4 cm³/mol. The van der Waals surface area contributed by atoms with Gasteiger partial charge in [-0.2, -0.15) is 0 Å². The number of likely N-dealkylation sites (N-methyl/N-ethyl adjacent to an activating group) is 1. The predicted octanol–water partition coefficient (Wildman–Crippen LogP) is 2.26. The lowest BCUT2D eigenvalue weighted by atomic mass is 10.2. The summed E-state index contributed by atoms with van der Waals surface area (Å²) < 4.78 is 6.06. The lowest BCUT2D eigenvalue weighted by Crippen LogP contribution is -2.34. The normalized spacial score (nSPS) is 25.1. The Morgan fingerprint density at radius 1 is 1.29 bits per heavy atom. The van der Waals surface area contributed by atoms with Crippen LogP contribution in [-0.2, 0) is 4.74 Å². The van der Waals surface area contributed by atoms with E-state index in [1.807, 2.05) is 0 Å². The van der Waals surface area contributed by atoms with Crippen molar-refractivity contribution in [1.29, 1.82) is 0 Å². The Hall–Kier alpha value is -0.120. The fraction of sp³-hybridized carbons (Fsp3) is 1.00. The van der Waals surface area contributed by atoms with E-state index in [9.17, 15) is 0 Å². The third-order valence-corrected chi connectivity index (χ3v) is 3.36. The molecule has 2 atom stereocenters. The second-order valence-corrected chi connectivity index (χ2v) is 5.64. The summed E-state index contributed by atoms with van der Waals surface area (Å²) in [7, 11) is 2.21. The minimum absolute atomic E-state index is 0.432. The standard InChI is InChI=1S/C14H30N2O/c1-5-6-9-16(4)11-14-8-7-13(17-14)10-15-12(2)3/h12-15H,5-11H2,1-4H3. The van der Waals surface area contributed by atoms with Crippen molar-refractivity contribution in [1.82, 2.24) is 10.2 Å². The van der Waals surface area contributed by atoms with E-state index in [2.05, 4.69) is 38.0 Å². The van der Waals surface area contributed by atoms with Gasteiger partial charge in [-0.3, -0.25) is 0 Å². The van der Waals surface area contributed by atoms with Crippen LogP contribution in [0.3, 0.4) is 0 Å². The van der Waals surface area contributed by atoms with E-state index in [1.54, 1.807) is 0 Å². The van der Waals surface area contributed by atoms with Crippen molar-refractivity contribution in [3.8, 4) is 0 Å². The molecule has 1 aliphatic rings. The van der Waals surface area contributed by atoms with Crippen LogP contribution in [0.25, 0.3) is 0 Å². The van der Waals surface area contributed by atoms with Crippen molar-refractivity contribution >= 4 is 0 Å². The summed E-state index contributed by atoms with van der Waals surface area (Å²) in [6, 6.07) is 0.560. The Balaban J connectivity index is 2.12. The summed E-state index contributed by atoms with van der Waals surface area (Å²) in [5.41, 5.74) is 0. The van der Waals surface area contributed by atoms with Crippen LogP contribution in [0.4, 0.5) is 0 Å². The molecule has 1 N–H and O–H groups in total. The number of ether oxygens (including phenoxy) is 1. The van der Waals surface area contributed by atoms with Gasteiger partial charge in [-0.25, -0.2) is 0 Å². The first-order chi connectivity index (χ1) is 8.11. The first kappa shape index (κ1) is 14.9. The van der Waals surface area contributed by atoms with Crippen LogP contribution in [0, 0.1) is 0 Å². The molecular weight excluding hydrogens is 212 g/mol. The van der Waals surface area contributed by atoms with Crippen LogP contribution in [-0.4, -0.2) is 49.8 Å². The molecule has 0 aliphatic carbocycles. The molecule has 0 amide bonds. The highest BCUT2D eigenvalue weighted by atomic mass is 16.5. The number of hydrogen-bond donors (Lipinski definition) is 1. The molecule has 3 heteroatoms. The van der Waals surface area contributed by atoms with Gasteiger partial charge in [0.1, 0.15) is 0 Å². The van der Waals surface area contributed by atoms with Crippen LogP contribution >= 0.6 is 0 Å². The molecule has 0 radical (unpaired) electrons. The highest BCUT2D eigenvalue weighted by Gasteiger charge is 2.25. The molecule has 0 aromatic carbocycles. The number of nitrogens with one attached hydrogen (secondary N) is 1. The smallest absolute Gasteiger partial charge is 0.0707 e. The van der Waals surface area contributed by atoms with E-state index in [1.165, 1.54) is 32.2 Å². The molecule has 1 heterocycles. The minimum atomic E-state index is 0.432. The average molecular weight is 242 g/mol. The van der Waals surface area contributed by atoms with Gasteiger partial charge >= 0.3 is 0 Å². The van der Waals surface area contributed by atoms with Crippen molar-refractivity contribution in [3.63, 3.8) is 0 Å². The molecule has 0 saturated carbocycles. The number of nitrogens with zero attached hydrogens (tertiary/aromatic N) is 1. The van der Waals surface area contributed by atoms with E-state index >= 15 is 0 Å². The van der Waals surface area contributed by atoms with Crippen molar-refractivity contribution in [2.24, 2.45) is 0 Å². The molecule has 1 rings (SSSR count). The Kier molecular flexibility index (Phi) is 7.09. The van der Waals surface area contributed by atoms with Crippen molar-refractivity contribution in [2.45, 2.75) is 64.7 Å². The summed E-state index contributed by atoms with van der Waals surface area (Å²) in [4.78, 5) is 2.41. The highest BCUT2D eigenvalue weighted by molar-refractivity contribution is 4.77. The SMILES string of the molecule is CCCCN(C)CC1CCC(CNC(C)C)O1. The third-order valence-electron chi connectivity index (χ3n) is 3.36. The lowest BCUT2D eigenvalue weighted by molar-refractivity contribution is 0.0269. The van der Waals surface area contributed by atoms with Gasteiger partial charge in [0, 0.05) is 19.1 Å². The molecule has 17 heavy (non-hydrogen) atoms. The summed E-state index contributed by atoms with van der Waals surface area (Å²) in [6.07, 6.45) is 5.89. The zero-order chi connectivity index (χ0) is 12.7. The Morgan fingerprint density at radius 3 is 2.65 bits per heavy atom. The second kappa shape index (κ2) is 8.06. The minimum Gasteiger partial charge on any atom is -0.372 e. The number of unbranched alkanes of at least 4 members (excludes halogenated alkanes) is 1. The van der Waals surface area contributed by atoms with Crippen molar-refractivity contribution < 1.29 is 4.74 Å². The van der Waals surface area contributed by atoms with E-state index in [-0.39, 0.29) is 0 Å². The molecule has 0 bridgehead atoms. The molecule has 102 valence electrons. The molecule has 1 aliphatic heterocycles. The summed E-state index contributed by atoms with van der Waals surface area (Å²) in [5.74, 6) is 0. The van der Waals surface area contributed by atoms with Gasteiger partial charge in [0.25, 0.3) is 0 Å². The van der Waals surface area contributed by atoms with Crippen LogP contribution in [0.1, 0.15) is 46.5 Å². The third kappa shape index (κ3) is 6.39. The zero-order valence-corrected chi connectivity index (χ0v) is 12.0. The molecular formula is C14H30N2O. The van der Waals surface area contributed by atoms with Gasteiger partial charge in [0.2, 0.25) is 0 Å². The van der Waals surface area contributed by atoms with E-state index in [0.717, 1.165) is 13.1 Å². The quantitative estimate of drug-likeness (QED) is 0.706. The monoisotopic (exact) mass is 242 g/mol. The molecule has 2 unspecified atom stereocenters. The van der Waals surface area contributed by atoms with Crippen LogP contribution in [0.2, 0.25) is 0 Å². The maximum absolute atomic E-state index is 6.06. The van der Waals surface area contributed by atoms with Crippen LogP contribution < -0.4 is 5.32 Å². The van der Waals surface area contributed by atoms with Gasteiger partial charge in [-0.1, -0.05) is 27.2 Å². The zero-order valence-electron chi connectivity index (χ0n) is 12.0. The Labute approximate surface area is 107 Å². The number of hydrogen-bond acceptors (Lipinski definition) is 3. The molecule has 0 spiro atoms. The first-order valence-corrected chi connectivity index (χ1v) is 7.19. The maximum Gasteiger partial charge on any atom is 0.0707 e. The van der Waals surface area contributed by atoms with Gasteiger partial charge < -0.3 is 15.0 Å². The topological polar surface area (TPSA) is 24.5 Å². The van der Waals surface area contributed by atoms with E-state index in [4.69, 9.17) is 4.74 Å². The molecule has 3 nitrogen and oxygen atoms in total. The van der Waals surface area contributed by atoms with Crippen molar-refractivity contribution in [3.05, 3.63) is 0 Å². The van der Waals surface area contributed by atoms with Gasteiger partial charge in [-0.05, 0) is 32.9 Å². The summed E-state index contributed by atoms with van der Waals surface area (Å²) in [6.45, 7) is 9.92. The van der Waals surface area contributed by atoms with Crippen molar-refractivity contribution in [2.75, 3.05) is 26.7 Å². The highest BCUT2D eigenvalue weighted by Crippen LogP contribution is 2.20. The van der Waals surface area contributed by atoms with Crippen LogP contribution in [0.15, 0.2) is 0 Å². The summed E-state index contributed by atoms with van der Waals surface area (Å²) >= 11 is 0. The van der Waals surface area contributed by atoms with E-state index in [0.29, 0.717) is 18.2 Å². The molecule has 1 fully saturated rings. The first-order valence-electron chi connectivity index (χ1n) is 7.19. The van der Waals surface area contributed by atoms with Gasteiger partial charge in [0.05, 0.1) is 12.2 Å². The fourth-order valence-electron chi connectivity index (χ4n) is 2.30. The van der Waals surface area contributed by atoms with Gasteiger partial charge in [0.15, 0.2) is 0 Å². The largest absolute Gasteiger partial charge is 0.372 e. The van der Waals surface area contributed by atoms with Crippen LogP contribution in [0.5, 0.6) is 0 Å². The average Bonchev–Trinajstić information content (AvgIpc) is 2.71. The Bertz CT molecular complexity index is 197. The number of rotatable bonds is 8. The second-order valence-electron chi connectivity index (χ2n) is 5.64. The molecule has 0 aromatic heterocycles. The molecule has 1 saturated heterocycles. The van der Waals surface area contributed by atoms with Gasteiger partial charge in [-0.15, -0.1) is 0 Å². The fourth-order valence-corrected chi connectivity index (χ4v) is 2.30. The summed E-state index contributed by atoms with van der Waals surface area (Å²) in [5, 5.41) is 3.46.